The Kier molecular flexibility index (Phi) is 36.0. The maximum Gasteiger partial charge on any atom is 0.249 e. The molecule has 8 unspecified atom stereocenters. The molecule has 12 aromatic rings. The fourth-order valence-corrected chi connectivity index (χ4v) is 20.4. The normalized spacial score (nSPS) is 18.9. The Morgan fingerprint density at radius 3 is 1.04 bits per heavy atom. The summed E-state index contributed by atoms with van der Waals surface area (Å²) in [7, 11) is -3.43. The second kappa shape index (κ2) is 46.7. The van der Waals surface area contributed by atoms with Crippen LogP contribution in [0.15, 0.2) is 157 Å². The van der Waals surface area contributed by atoms with Gasteiger partial charge in [-0.1, -0.05) is 177 Å². The van der Waals surface area contributed by atoms with Gasteiger partial charge in [0.1, 0.15) is 29.1 Å². The molecule has 0 saturated heterocycles. The summed E-state index contributed by atoms with van der Waals surface area (Å²) in [4.78, 5) is 24.4. The number of benzene rings is 4. The molecule has 9 N–H and O–H groups in total. The first-order valence-electron chi connectivity index (χ1n) is 48.0. The summed E-state index contributed by atoms with van der Waals surface area (Å²) in [6.45, 7) is 21.8. The molecule has 38 nitrogen and oxygen atoms in total. The molecule has 12 atom stereocenters. The number of pyridine rings is 4. The molecule has 16 rings (SSSR count). The maximum absolute atomic E-state index is 13.3. The van der Waals surface area contributed by atoms with Crippen molar-refractivity contribution in [1.82, 2.24) is 60.7 Å². The third-order valence-electron chi connectivity index (χ3n) is 26.6. The highest BCUT2D eigenvalue weighted by Crippen LogP contribution is 2.48. The van der Waals surface area contributed by atoms with Crippen molar-refractivity contribution in [2.24, 2.45) is 70.3 Å². The zero-order chi connectivity index (χ0) is 107. The van der Waals surface area contributed by atoms with Crippen molar-refractivity contribution in [3.63, 3.8) is 0 Å². The number of aromatic nitrogens is 12. The van der Waals surface area contributed by atoms with E-state index in [1.165, 1.54) is 40.4 Å². The van der Waals surface area contributed by atoms with Crippen LogP contribution in [0.1, 0.15) is 134 Å². The fourth-order valence-electron chi connectivity index (χ4n) is 16.5. The highest BCUT2D eigenvalue weighted by Gasteiger charge is 2.42. The molecular weight excluding hydrogens is 2050 g/mol. The van der Waals surface area contributed by atoms with Gasteiger partial charge in [0.2, 0.25) is 87.2 Å². The minimum Gasteiger partial charge on any atom is -0.419 e. The van der Waals surface area contributed by atoms with E-state index in [2.05, 4.69) is 93.7 Å². The van der Waals surface area contributed by atoms with Crippen LogP contribution in [0.2, 0.25) is 20.1 Å². The average molecular weight is 2180 g/mol. The molecule has 0 bridgehead atoms. The van der Waals surface area contributed by atoms with Crippen LogP contribution >= 0.6 is 46.4 Å². The summed E-state index contributed by atoms with van der Waals surface area (Å²) in [5, 5.41) is 37.3. The number of anilines is 8. The van der Waals surface area contributed by atoms with E-state index in [0.717, 1.165) is 110 Å². The summed E-state index contributed by atoms with van der Waals surface area (Å²) in [5.74, 6) is 8.11. The lowest BCUT2D eigenvalue weighted by Crippen LogP contribution is -2.36. The molecule has 4 aliphatic carbocycles. The summed E-state index contributed by atoms with van der Waals surface area (Å²) in [6.07, 6.45) is 9.63. The number of nitrogens with zero attached hydrogens (tertiary/aromatic N) is 19. The van der Waals surface area contributed by atoms with Gasteiger partial charge in [0.25, 0.3) is 0 Å². The zero-order valence-electron chi connectivity index (χ0n) is 86.0. The van der Waals surface area contributed by atoms with Gasteiger partial charge < -0.3 is 70.1 Å². The van der Waals surface area contributed by atoms with Gasteiger partial charge in [0, 0.05) is 82.2 Å². The first kappa shape index (κ1) is 113. The number of methoxy groups -OCH3 is 2. The van der Waals surface area contributed by atoms with E-state index in [0.29, 0.717) is 132 Å². The number of sulfonamides is 4. The molecule has 47 heteroatoms. The second-order valence-corrected chi connectivity index (χ2v) is 49.7. The van der Waals surface area contributed by atoms with Crippen LogP contribution in [0.4, 0.5) is 50.9 Å². The molecule has 4 aromatic carbocycles. The fraction of sp³-hybridized carbons (Fsp3) is 0.480. The summed E-state index contributed by atoms with van der Waals surface area (Å²) >= 11 is 26.9. The lowest BCUT2D eigenvalue weighted by Gasteiger charge is -2.28. The predicted octanol–water partition coefficient (Wildman–Crippen LogP) is 15.3. The van der Waals surface area contributed by atoms with Gasteiger partial charge in [-0.05, 0) is 192 Å². The third kappa shape index (κ3) is 29.0. The van der Waals surface area contributed by atoms with E-state index in [1.54, 1.807) is 57.4 Å². The number of rotatable bonds is 43. The van der Waals surface area contributed by atoms with Crippen molar-refractivity contribution < 1.29 is 65.2 Å². The summed E-state index contributed by atoms with van der Waals surface area (Å²) < 4.78 is 152. The molecule has 0 amide bonds. The topological polar surface area (TPSA) is 501 Å². The molecule has 8 heterocycles. The van der Waals surface area contributed by atoms with Crippen LogP contribution in [-0.2, 0) is 97.4 Å². The molecular formula is C100H131Cl4FN24O14S4. The SMILES string of the molecule is CC1CC1CN(C)c1cc(-c2nnc([C@@](C)(N)Cc3ccc(F)cc3)o2)c(Cl)c(N(C)S(C)(=O)=O)n1.CC1CC1CN(C)c1cc(-c2nnc([C@@](C)(N)Cc3ccccc3)o2)c(Cl)c(N(C)S(C)(=O)=O)n1.CCS(=O)(=O)N(C)c1nc(NCC2CC2C)cc(-c2nnc([C@@](C)(N)Cc3ccccc3)o2)c1Cl.COCCN(CC1CC1C)c1cc(-c2nnc([C@@](C)(N)Cc3ccccc3)o2)c(Cl)c(N(CCOC)S(C)(=O)=O)n1. The van der Waals surface area contributed by atoms with Crippen molar-refractivity contribution in [2.45, 2.75) is 136 Å². The Hall–Kier alpha value is -10.9. The van der Waals surface area contributed by atoms with E-state index in [-0.39, 0.29) is 115 Å². The lowest BCUT2D eigenvalue weighted by molar-refractivity contribution is 0.204. The van der Waals surface area contributed by atoms with Gasteiger partial charge in [-0.3, -0.25) is 17.2 Å². The van der Waals surface area contributed by atoms with Gasteiger partial charge in [0.05, 0.1) is 109 Å². The van der Waals surface area contributed by atoms with Crippen LogP contribution < -0.4 is 60.2 Å². The van der Waals surface area contributed by atoms with Gasteiger partial charge >= 0.3 is 0 Å². The molecule has 794 valence electrons. The number of halogens is 5. The van der Waals surface area contributed by atoms with Crippen molar-refractivity contribution in [2.75, 3.05) is 164 Å². The zero-order valence-corrected chi connectivity index (χ0v) is 92.3. The molecule has 0 spiro atoms. The third-order valence-corrected chi connectivity index (χ3v) is 33.3. The number of nitrogens with one attached hydrogen (secondary N) is 1. The van der Waals surface area contributed by atoms with E-state index in [4.69, 9.17) is 101 Å². The van der Waals surface area contributed by atoms with Crippen molar-refractivity contribution in [3.8, 4) is 45.8 Å². The second-order valence-electron chi connectivity index (χ2n) is 39.9. The highest BCUT2D eigenvalue weighted by molar-refractivity contribution is 7.93. The highest BCUT2D eigenvalue weighted by atomic mass is 35.5. The molecule has 4 aliphatic rings. The number of hydrogen-bond donors (Lipinski definition) is 5. The van der Waals surface area contributed by atoms with Gasteiger partial charge in [-0.25, -0.2) is 58.0 Å². The smallest absolute Gasteiger partial charge is 0.249 e. The van der Waals surface area contributed by atoms with Crippen LogP contribution in [0, 0.1) is 53.2 Å². The minimum atomic E-state index is -3.77. The molecule has 4 fully saturated rings. The molecule has 147 heavy (non-hydrogen) atoms. The Balaban J connectivity index is 0.000000164. The molecule has 0 radical (unpaired) electrons. The first-order chi connectivity index (χ1) is 69.1. The summed E-state index contributed by atoms with van der Waals surface area (Å²) in [6, 6.07) is 42.3. The van der Waals surface area contributed by atoms with E-state index in [1.807, 2.05) is 136 Å². The van der Waals surface area contributed by atoms with Crippen LogP contribution in [-0.4, -0.2) is 221 Å². The monoisotopic (exact) mass is 2180 g/mol. The maximum atomic E-state index is 13.3. The predicted molar refractivity (Wildman–Crippen MR) is 573 cm³/mol. The Bertz CT molecular complexity index is 7050. The Morgan fingerprint density at radius 1 is 0.408 bits per heavy atom. The molecule has 4 saturated carbocycles. The average Bonchev–Trinajstić information content (AvgIpc) is 1.64. The van der Waals surface area contributed by atoms with E-state index >= 15 is 0 Å². The van der Waals surface area contributed by atoms with Crippen LogP contribution in [0.25, 0.3) is 45.8 Å². The number of hydrogen-bond acceptors (Lipinski definition) is 34. The summed E-state index contributed by atoms with van der Waals surface area (Å²) in [5.41, 5.74) is 27.8. The van der Waals surface area contributed by atoms with Crippen LogP contribution in [0.3, 0.4) is 0 Å². The quantitative estimate of drug-likeness (QED) is 0.0237. The first-order valence-corrected chi connectivity index (χ1v) is 56.7. The Labute approximate surface area is 879 Å². The molecule has 0 aliphatic heterocycles. The number of nitrogens with two attached hydrogens (primary N) is 4. The van der Waals surface area contributed by atoms with Gasteiger partial charge in [-0.2, -0.15) is 0 Å². The van der Waals surface area contributed by atoms with Crippen molar-refractivity contribution in [3.05, 3.63) is 211 Å². The van der Waals surface area contributed by atoms with E-state index in [9.17, 15) is 38.1 Å². The van der Waals surface area contributed by atoms with Gasteiger partial charge in [-0.15, -0.1) is 40.8 Å². The van der Waals surface area contributed by atoms with Gasteiger partial charge in [0.15, 0.2) is 23.3 Å². The minimum absolute atomic E-state index is 0.0235. The Morgan fingerprint density at radius 2 is 0.714 bits per heavy atom. The largest absolute Gasteiger partial charge is 0.419 e. The lowest BCUT2D eigenvalue weighted by atomic mass is 9.94. The molecule has 8 aromatic heterocycles. The van der Waals surface area contributed by atoms with E-state index < -0.39 is 62.2 Å². The number of ether oxygens (including phenoxy) is 2. The standard InChI is InChI=1S/C28H39ClN6O5S.C24H30ClFN6O3S.2C24H31ClN6O3S/c1-19-15-21(19)18-34(11-13-38-3)23-16-22(24(29)25(31-23)35(12-14-39-4)41(5,36)37)26-32-33-27(40-26)28(2,30)17-20-9-7-6-8-10-20;1-14-10-16(14)13-31(3)19-11-18(20(25)21(28-19)32(4)36(5,33)34)22-29-30-23(35-22)24(2,27)12-15-6-8-17(26)9-7-15;1-15-11-17(15)14-30(3)19-12-18(20(25)21(27-19)31(4)35(5,32)33)22-28-29-23(34-22)24(2,26)13-16-9-7-6-8-10-16;1-5-35(32,33)31(4)21-20(25)18(12-19(28-21)27-14-17-11-15(17)2)22-29-30-23(34-22)24(3,26)13-16-9-7-6-8-10-16/h6-10,16,19,21H,11-15,17-18,30H2,1-5H3;6-9,11,14,16H,10,12-13,27H2,1-5H3;6-10,12,15,17H,11,13-14,26H2,1-5H3;6-10,12,15,17H,5,11,13-14,26H2,1-4H3,(H,27,28)/t19?,21?,28-;14?,16?,24-;2*15?,17?,24-/m0000/s1. The van der Waals surface area contributed by atoms with Crippen molar-refractivity contribution >= 4 is 133 Å². The van der Waals surface area contributed by atoms with Crippen LogP contribution in [0.5, 0.6) is 0 Å². The van der Waals surface area contributed by atoms with Crippen molar-refractivity contribution in [1.29, 1.82) is 0 Å².